The number of hydrogen-bond donors (Lipinski definition) is 0. The summed E-state index contributed by atoms with van der Waals surface area (Å²) in [7, 11) is 0. The summed E-state index contributed by atoms with van der Waals surface area (Å²) in [6.45, 7) is 12.0. The standard InChI is InChI=1S/C17H33Br/c1-6-7-14(2)12-17(13-18)10-8-15(9-11-17)16(3,4)5/h14-15H,6-13H2,1-5H3. The van der Waals surface area contributed by atoms with E-state index in [1.54, 1.807) is 0 Å². The molecule has 0 aromatic carbocycles. The van der Waals surface area contributed by atoms with Crippen molar-refractivity contribution in [2.75, 3.05) is 5.33 Å². The molecule has 1 heteroatoms. The van der Waals surface area contributed by atoms with Gasteiger partial charge in [0.15, 0.2) is 0 Å². The molecule has 0 aromatic rings. The van der Waals surface area contributed by atoms with Crippen molar-refractivity contribution >= 4 is 15.9 Å². The summed E-state index contributed by atoms with van der Waals surface area (Å²) in [5.41, 5.74) is 1.11. The summed E-state index contributed by atoms with van der Waals surface area (Å²) in [4.78, 5) is 0. The van der Waals surface area contributed by atoms with Crippen LogP contribution in [0.4, 0.5) is 0 Å². The summed E-state index contributed by atoms with van der Waals surface area (Å²) in [6, 6.07) is 0. The molecule has 1 unspecified atom stereocenters. The number of rotatable bonds is 5. The molecular formula is C17H33Br. The summed E-state index contributed by atoms with van der Waals surface area (Å²) in [5, 5.41) is 1.21. The first kappa shape index (κ1) is 16.5. The van der Waals surface area contributed by atoms with Crippen LogP contribution in [0.5, 0.6) is 0 Å². The van der Waals surface area contributed by atoms with Crippen molar-refractivity contribution in [3.8, 4) is 0 Å². The van der Waals surface area contributed by atoms with E-state index in [2.05, 4.69) is 50.5 Å². The molecule has 18 heavy (non-hydrogen) atoms. The van der Waals surface area contributed by atoms with Crippen molar-refractivity contribution in [3.05, 3.63) is 0 Å². The minimum absolute atomic E-state index is 0.507. The molecular weight excluding hydrogens is 284 g/mol. The van der Waals surface area contributed by atoms with Crippen LogP contribution in [0, 0.1) is 22.7 Å². The molecule has 0 nitrogen and oxygen atoms in total. The molecule has 1 saturated carbocycles. The van der Waals surface area contributed by atoms with Crippen LogP contribution in [-0.4, -0.2) is 5.33 Å². The highest BCUT2D eigenvalue weighted by molar-refractivity contribution is 9.09. The quantitative estimate of drug-likeness (QED) is 0.512. The van der Waals surface area contributed by atoms with Crippen LogP contribution in [-0.2, 0) is 0 Å². The topological polar surface area (TPSA) is 0 Å². The van der Waals surface area contributed by atoms with Gasteiger partial charge in [0.05, 0.1) is 0 Å². The third kappa shape index (κ3) is 4.54. The maximum atomic E-state index is 3.82. The molecule has 1 fully saturated rings. The lowest BCUT2D eigenvalue weighted by atomic mass is 9.62. The van der Waals surface area contributed by atoms with E-state index in [1.165, 1.54) is 50.3 Å². The molecule has 1 aliphatic carbocycles. The Bertz CT molecular complexity index is 230. The molecule has 0 heterocycles. The Morgan fingerprint density at radius 2 is 1.78 bits per heavy atom. The van der Waals surface area contributed by atoms with Gasteiger partial charge in [0, 0.05) is 5.33 Å². The van der Waals surface area contributed by atoms with Gasteiger partial charge in [-0.05, 0) is 54.8 Å². The van der Waals surface area contributed by atoms with Gasteiger partial charge >= 0.3 is 0 Å². The second-order valence-electron chi connectivity index (χ2n) is 7.87. The summed E-state index contributed by atoms with van der Waals surface area (Å²) >= 11 is 3.82. The van der Waals surface area contributed by atoms with Gasteiger partial charge in [-0.3, -0.25) is 0 Å². The molecule has 0 N–H and O–H groups in total. The van der Waals surface area contributed by atoms with E-state index in [-0.39, 0.29) is 0 Å². The van der Waals surface area contributed by atoms with E-state index in [0.717, 1.165) is 11.8 Å². The van der Waals surface area contributed by atoms with Gasteiger partial charge in [-0.2, -0.15) is 0 Å². The summed E-state index contributed by atoms with van der Waals surface area (Å²) in [5.74, 6) is 1.84. The Morgan fingerprint density at radius 1 is 1.22 bits per heavy atom. The van der Waals surface area contributed by atoms with Crippen molar-refractivity contribution in [3.63, 3.8) is 0 Å². The zero-order chi connectivity index (χ0) is 13.8. The molecule has 0 aromatic heterocycles. The fourth-order valence-electron chi connectivity index (χ4n) is 3.82. The van der Waals surface area contributed by atoms with Crippen LogP contribution < -0.4 is 0 Å². The van der Waals surface area contributed by atoms with Crippen LogP contribution in [0.3, 0.4) is 0 Å². The summed E-state index contributed by atoms with van der Waals surface area (Å²) in [6.07, 6.45) is 9.93. The van der Waals surface area contributed by atoms with Gasteiger partial charge < -0.3 is 0 Å². The maximum Gasteiger partial charge on any atom is 0.00880 e. The first-order valence-electron chi connectivity index (χ1n) is 7.89. The molecule has 1 atom stereocenters. The van der Waals surface area contributed by atoms with Crippen LogP contribution in [0.1, 0.15) is 79.6 Å². The highest BCUT2D eigenvalue weighted by atomic mass is 79.9. The van der Waals surface area contributed by atoms with E-state index >= 15 is 0 Å². The molecule has 0 aliphatic heterocycles. The lowest BCUT2D eigenvalue weighted by Crippen LogP contribution is -2.35. The molecule has 0 spiro atoms. The predicted molar refractivity (Wildman–Crippen MR) is 86.3 cm³/mol. The number of alkyl halides is 1. The van der Waals surface area contributed by atoms with Crippen LogP contribution in [0.2, 0.25) is 0 Å². The van der Waals surface area contributed by atoms with Crippen LogP contribution in [0.25, 0.3) is 0 Å². The van der Waals surface area contributed by atoms with Crippen LogP contribution in [0.15, 0.2) is 0 Å². The van der Waals surface area contributed by atoms with E-state index < -0.39 is 0 Å². The lowest BCUT2D eigenvalue weighted by molar-refractivity contribution is 0.0854. The van der Waals surface area contributed by atoms with Crippen molar-refractivity contribution in [2.24, 2.45) is 22.7 Å². The van der Waals surface area contributed by atoms with Crippen molar-refractivity contribution in [1.29, 1.82) is 0 Å². The molecule has 1 aliphatic rings. The van der Waals surface area contributed by atoms with E-state index in [4.69, 9.17) is 0 Å². The molecule has 1 rings (SSSR count). The van der Waals surface area contributed by atoms with Crippen molar-refractivity contribution < 1.29 is 0 Å². The minimum atomic E-state index is 0.507. The average molecular weight is 317 g/mol. The largest absolute Gasteiger partial charge is 0.0922 e. The molecule has 0 amide bonds. The Kier molecular flexibility index (Phi) is 6.22. The zero-order valence-electron chi connectivity index (χ0n) is 13.2. The van der Waals surface area contributed by atoms with Gasteiger partial charge in [0.25, 0.3) is 0 Å². The van der Waals surface area contributed by atoms with Gasteiger partial charge in [-0.25, -0.2) is 0 Å². The highest BCUT2D eigenvalue weighted by Crippen LogP contribution is 2.49. The highest BCUT2D eigenvalue weighted by Gasteiger charge is 2.38. The second kappa shape index (κ2) is 6.77. The van der Waals surface area contributed by atoms with Crippen LogP contribution >= 0.6 is 15.9 Å². The normalized spacial score (nSPS) is 31.3. The Balaban J connectivity index is 2.54. The van der Waals surface area contributed by atoms with E-state index in [0.29, 0.717) is 10.8 Å². The first-order chi connectivity index (χ1) is 8.33. The Morgan fingerprint density at radius 3 is 2.17 bits per heavy atom. The van der Waals surface area contributed by atoms with E-state index in [1.807, 2.05) is 0 Å². The Labute approximate surface area is 123 Å². The third-order valence-electron chi connectivity index (χ3n) is 5.12. The second-order valence-corrected chi connectivity index (χ2v) is 8.43. The lowest BCUT2D eigenvalue weighted by Gasteiger charge is -2.44. The maximum absolute atomic E-state index is 3.82. The zero-order valence-corrected chi connectivity index (χ0v) is 14.8. The molecule has 0 saturated heterocycles. The molecule has 108 valence electrons. The predicted octanol–water partition coefficient (Wildman–Crippen LogP) is 6.43. The smallest absolute Gasteiger partial charge is 0.00880 e. The minimum Gasteiger partial charge on any atom is -0.0922 e. The van der Waals surface area contributed by atoms with Gasteiger partial charge in [0.1, 0.15) is 0 Å². The number of hydrogen-bond acceptors (Lipinski definition) is 0. The van der Waals surface area contributed by atoms with Gasteiger partial charge in [-0.15, -0.1) is 0 Å². The number of halogens is 1. The Hall–Kier alpha value is 0.480. The van der Waals surface area contributed by atoms with Crippen molar-refractivity contribution in [1.82, 2.24) is 0 Å². The van der Waals surface area contributed by atoms with Gasteiger partial charge in [-0.1, -0.05) is 63.4 Å². The molecule has 0 bridgehead atoms. The molecule has 0 radical (unpaired) electrons. The first-order valence-corrected chi connectivity index (χ1v) is 9.01. The summed E-state index contributed by atoms with van der Waals surface area (Å²) < 4.78 is 0. The van der Waals surface area contributed by atoms with Crippen molar-refractivity contribution in [2.45, 2.75) is 79.6 Å². The monoisotopic (exact) mass is 316 g/mol. The average Bonchev–Trinajstić information content (AvgIpc) is 2.28. The fraction of sp³-hybridized carbons (Fsp3) is 1.00. The third-order valence-corrected chi connectivity index (χ3v) is 6.31. The van der Waals surface area contributed by atoms with E-state index in [9.17, 15) is 0 Å². The SMILES string of the molecule is CCCC(C)CC1(CBr)CCC(C(C)(C)C)CC1. The van der Waals surface area contributed by atoms with Gasteiger partial charge in [0.2, 0.25) is 0 Å². The fourth-order valence-corrected chi connectivity index (χ4v) is 4.61.